The molecule has 3 rings (SSSR count). The normalized spacial score (nSPS) is 11.0. The van der Waals surface area contributed by atoms with Crippen molar-refractivity contribution in [3.8, 4) is 5.75 Å². The van der Waals surface area contributed by atoms with E-state index < -0.39 is 0 Å². The van der Waals surface area contributed by atoms with Crippen molar-refractivity contribution in [1.29, 1.82) is 0 Å². The standard InChI is InChI=1S/C22H27N3O3/c1-16-11-18(12-17(2)22(16)28-14-21(26)27-3)13-23-9-6-10-25-15-24-19-7-4-5-8-20(19)25/h4-5,7-8,11-12,15,23H,6,9-10,13-14H2,1-3H3. The van der Waals surface area contributed by atoms with E-state index in [4.69, 9.17) is 4.74 Å². The monoisotopic (exact) mass is 381 g/mol. The highest BCUT2D eigenvalue weighted by atomic mass is 16.6. The fraction of sp³-hybridized carbons (Fsp3) is 0.364. The van der Waals surface area contributed by atoms with Gasteiger partial charge in [0.05, 0.1) is 24.5 Å². The molecule has 0 unspecified atom stereocenters. The van der Waals surface area contributed by atoms with E-state index in [9.17, 15) is 4.79 Å². The number of nitrogens with one attached hydrogen (secondary N) is 1. The number of ether oxygens (including phenoxy) is 2. The van der Waals surface area contributed by atoms with Gasteiger partial charge in [0.1, 0.15) is 5.75 Å². The Bertz CT molecular complexity index is 926. The van der Waals surface area contributed by atoms with Gasteiger partial charge in [-0.05, 0) is 55.6 Å². The van der Waals surface area contributed by atoms with Crippen LogP contribution in [0.2, 0.25) is 0 Å². The topological polar surface area (TPSA) is 65.4 Å². The summed E-state index contributed by atoms with van der Waals surface area (Å²) < 4.78 is 12.4. The van der Waals surface area contributed by atoms with Crippen molar-refractivity contribution in [2.45, 2.75) is 33.4 Å². The Hall–Kier alpha value is -2.86. The lowest BCUT2D eigenvalue weighted by atomic mass is 10.1. The Morgan fingerprint density at radius 2 is 1.93 bits per heavy atom. The second-order valence-electron chi connectivity index (χ2n) is 6.88. The van der Waals surface area contributed by atoms with Crippen LogP contribution < -0.4 is 10.1 Å². The van der Waals surface area contributed by atoms with Gasteiger partial charge in [0.15, 0.2) is 6.61 Å². The summed E-state index contributed by atoms with van der Waals surface area (Å²) in [6.45, 7) is 6.57. The summed E-state index contributed by atoms with van der Waals surface area (Å²) in [6.07, 6.45) is 2.93. The Labute approximate surface area is 165 Å². The molecule has 0 saturated carbocycles. The van der Waals surface area contributed by atoms with Gasteiger partial charge in [0, 0.05) is 13.1 Å². The molecule has 0 aliphatic heterocycles. The third-order valence-electron chi connectivity index (χ3n) is 4.69. The number of carbonyl (C=O) groups excluding carboxylic acids is 1. The summed E-state index contributed by atoms with van der Waals surface area (Å²) in [7, 11) is 1.36. The quantitative estimate of drug-likeness (QED) is 0.455. The number of aromatic nitrogens is 2. The van der Waals surface area contributed by atoms with Gasteiger partial charge >= 0.3 is 5.97 Å². The highest BCUT2D eigenvalue weighted by Gasteiger charge is 2.09. The predicted octanol–water partition coefficient (Wildman–Crippen LogP) is 3.38. The average molecular weight is 381 g/mol. The molecule has 0 bridgehead atoms. The lowest BCUT2D eigenvalue weighted by Crippen LogP contribution is -2.17. The molecule has 28 heavy (non-hydrogen) atoms. The fourth-order valence-corrected chi connectivity index (χ4v) is 3.36. The van der Waals surface area contributed by atoms with Crippen LogP contribution in [0.15, 0.2) is 42.7 Å². The maximum atomic E-state index is 11.3. The van der Waals surface area contributed by atoms with Crippen LogP contribution in [0, 0.1) is 13.8 Å². The number of imidazole rings is 1. The predicted molar refractivity (Wildman–Crippen MR) is 109 cm³/mol. The molecule has 0 fully saturated rings. The first-order chi connectivity index (χ1) is 13.6. The molecule has 3 aromatic rings. The van der Waals surface area contributed by atoms with E-state index in [-0.39, 0.29) is 12.6 Å². The smallest absolute Gasteiger partial charge is 0.343 e. The van der Waals surface area contributed by atoms with Crippen molar-refractivity contribution in [2.24, 2.45) is 0 Å². The van der Waals surface area contributed by atoms with E-state index in [1.807, 2.05) is 38.4 Å². The molecule has 1 N–H and O–H groups in total. The summed E-state index contributed by atoms with van der Waals surface area (Å²) in [6, 6.07) is 12.4. The summed E-state index contributed by atoms with van der Waals surface area (Å²) in [5.41, 5.74) is 5.46. The molecule has 148 valence electrons. The van der Waals surface area contributed by atoms with E-state index in [0.29, 0.717) is 0 Å². The number of rotatable bonds is 9. The largest absolute Gasteiger partial charge is 0.481 e. The summed E-state index contributed by atoms with van der Waals surface area (Å²) in [5.74, 6) is 0.372. The second kappa shape index (κ2) is 9.37. The van der Waals surface area contributed by atoms with Crippen LogP contribution in [0.25, 0.3) is 11.0 Å². The molecule has 1 aromatic heterocycles. The molecule has 6 nitrogen and oxygen atoms in total. The molecule has 0 atom stereocenters. The number of hydrogen-bond acceptors (Lipinski definition) is 5. The third kappa shape index (κ3) is 4.89. The molecule has 1 heterocycles. The molecule has 0 radical (unpaired) electrons. The summed E-state index contributed by atoms with van der Waals surface area (Å²) >= 11 is 0. The van der Waals surface area contributed by atoms with Crippen LogP contribution in [0.5, 0.6) is 5.75 Å². The van der Waals surface area contributed by atoms with Gasteiger partial charge in [-0.1, -0.05) is 24.3 Å². The van der Waals surface area contributed by atoms with Gasteiger partial charge in [-0.25, -0.2) is 9.78 Å². The van der Waals surface area contributed by atoms with E-state index in [1.54, 1.807) is 0 Å². The number of para-hydroxylation sites is 2. The van der Waals surface area contributed by atoms with Gasteiger partial charge in [-0.3, -0.25) is 0 Å². The second-order valence-corrected chi connectivity index (χ2v) is 6.88. The molecule has 0 spiro atoms. The van der Waals surface area contributed by atoms with Crippen molar-refractivity contribution < 1.29 is 14.3 Å². The number of carbonyl (C=O) groups is 1. The van der Waals surface area contributed by atoms with Crippen molar-refractivity contribution in [1.82, 2.24) is 14.9 Å². The van der Waals surface area contributed by atoms with Crippen LogP contribution in [-0.2, 0) is 22.6 Å². The maximum absolute atomic E-state index is 11.3. The first-order valence-corrected chi connectivity index (χ1v) is 9.49. The van der Waals surface area contributed by atoms with Crippen LogP contribution in [0.4, 0.5) is 0 Å². The zero-order valence-corrected chi connectivity index (χ0v) is 16.7. The lowest BCUT2D eigenvalue weighted by molar-refractivity contribution is -0.142. The van der Waals surface area contributed by atoms with Crippen molar-refractivity contribution in [3.63, 3.8) is 0 Å². The number of methoxy groups -OCH3 is 1. The number of hydrogen-bond donors (Lipinski definition) is 1. The Kier molecular flexibility index (Phi) is 6.66. The van der Waals surface area contributed by atoms with Gasteiger partial charge in [0.25, 0.3) is 0 Å². The first-order valence-electron chi connectivity index (χ1n) is 9.49. The van der Waals surface area contributed by atoms with Gasteiger partial charge in [-0.2, -0.15) is 0 Å². The molecule has 0 aliphatic carbocycles. The number of esters is 1. The van der Waals surface area contributed by atoms with Crippen LogP contribution in [0.1, 0.15) is 23.1 Å². The molecular formula is C22H27N3O3. The van der Waals surface area contributed by atoms with Crippen molar-refractivity contribution >= 4 is 17.0 Å². The fourth-order valence-electron chi connectivity index (χ4n) is 3.36. The van der Waals surface area contributed by atoms with E-state index in [1.165, 1.54) is 18.2 Å². The van der Waals surface area contributed by atoms with Crippen molar-refractivity contribution in [3.05, 3.63) is 59.4 Å². The molecule has 0 amide bonds. The highest BCUT2D eigenvalue weighted by Crippen LogP contribution is 2.25. The molecular weight excluding hydrogens is 354 g/mol. The minimum Gasteiger partial charge on any atom is -0.481 e. The summed E-state index contributed by atoms with van der Waals surface area (Å²) in [5, 5.41) is 3.50. The third-order valence-corrected chi connectivity index (χ3v) is 4.69. The molecule has 0 saturated heterocycles. The highest BCUT2D eigenvalue weighted by molar-refractivity contribution is 5.74. The Balaban J connectivity index is 1.47. The van der Waals surface area contributed by atoms with E-state index >= 15 is 0 Å². The molecule has 0 aliphatic rings. The minimum absolute atomic E-state index is 0.0707. The zero-order valence-electron chi connectivity index (χ0n) is 16.7. The van der Waals surface area contributed by atoms with E-state index in [2.05, 4.69) is 37.8 Å². The van der Waals surface area contributed by atoms with E-state index in [0.717, 1.165) is 48.4 Å². The van der Waals surface area contributed by atoms with Crippen LogP contribution >= 0.6 is 0 Å². The lowest BCUT2D eigenvalue weighted by Gasteiger charge is -2.14. The maximum Gasteiger partial charge on any atom is 0.343 e. The first kappa shape index (κ1) is 19.9. The van der Waals surface area contributed by atoms with Crippen LogP contribution in [0.3, 0.4) is 0 Å². The molecule has 6 heteroatoms. The van der Waals surface area contributed by atoms with Crippen molar-refractivity contribution in [2.75, 3.05) is 20.3 Å². The number of aryl methyl sites for hydroxylation is 3. The zero-order chi connectivity index (χ0) is 19.9. The van der Waals surface area contributed by atoms with Gasteiger partial charge < -0.3 is 19.4 Å². The Morgan fingerprint density at radius 3 is 2.68 bits per heavy atom. The number of nitrogens with zero attached hydrogens (tertiary/aromatic N) is 2. The summed E-state index contributed by atoms with van der Waals surface area (Å²) in [4.78, 5) is 15.7. The minimum atomic E-state index is -0.379. The number of fused-ring (bicyclic) bond motifs is 1. The van der Waals surface area contributed by atoms with Crippen LogP contribution in [-0.4, -0.2) is 35.8 Å². The molecule has 2 aromatic carbocycles. The Morgan fingerprint density at radius 1 is 1.18 bits per heavy atom. The van der Waals surface area contributed by atoms with Gasteiger partial charge in [0.2, 0.25) is 0 Å². The number of benzene rings is 2. The average Bonchev–Trinajstić information content (AvgIpc) is 3.10. The SMILES string of the molecule is COC(=O)COc1c(C)cc(CNCCCn2cnc3ccccc32)cc1C. The van der Waals surface area contributed by atoms with Gasteiger partial charge in [-0.15, -0.1) is 0 Å².